The molecule has 0 aliphatic carbocycles. The molecule has 0 fully saturated rings. The molecular formula is C8H8N4O2. The standard InChI is InChI=1S/C8H8N4O2/c1-14-8(13)7-3-2-4-12(7)11-5-9-10-6-11/h2-6H,1H3. The van der Waals surface area contributed by atoms with Gasteiger partial charge in [-0.25, -0.2) is 14.1 Å². The summed E-state index contributed by atoms with van der Waals surface area (Å²) in [7, 11) is 1.34. The second-order valence-electron chi connectivity index (χ2n) is 2.57. The highest BCUT2D eigenvalue weighted by molar-refractivity contribution is 5.87. The zero-order valence-electron chi connectivity index (χ0n) is 7.49. The Labute approximate surface area is 79.7 Å². The third-order valence-corrected chi connectivity index (χ3v) is 1.78. The fraction of sp³-hybridized carbons (Fsp3) is 0.125. The first-order valence-corrected chi connectivity index (χ1v) is 3.94. The average Bonchev–Trinajstić information content (AvgIpc) is 2.85. The van der Waals surface area contributed by atoms with E-state index in [0.717, 1.165) is 0 Å². The molecule has 0 saturated heterocycles. The lowest BCUT2D eigenvalue weighted by Crippen LogP contribution is -2.14. The molecule has 0 radical (unpaired) electrons. The van der Waals surface area contributed by atoms with Crippen LogP contribution in [-0.4, -0.2) is 32.6 Å². The molecule has 2 heterocycles. The Kier molecular flexibility index (Phi) is 2.02. The second kappa shape index (κ2) is 3.33. The lowest BCUT2D eigenvalue weighted by Gasteiger charge is -2.06. The maximum Gasteiger partial charge on any atom is 0.356 e. The molecule has 0 aromatic carbocycles. The predicted molar refractivity (Wildman–Crippen MR) is 46.6 cm³/mol. The Balaban J connectivity index is 2.45. The van der Waals surface area contributed by atoms with Crippen molar-refractivity contribution in [3.8, 4) is 0 Å². The summed E-state index contributed by atoms with van der Waals surface area (Å²) in [6.07, 6.45) is 4.70. The van der Waals surface area contributed by atoms with Gasteiger partial charge in [-0.2, -0.15) is 0 Å². The maximum absolute atomic E-state index is 11.3. The molecule has 0 amide bonds. The second-order valence-corrected chi connectivity index (χ2v) is 2.57. The molecule has 0 spiro atoms. The summed E-state index contributed by atoms with van der Waals surface area (Å²) in [4.78, 5) is 11.3. The number of hydrogen-bond donors (Lipinski definition) is 0. The van der Waals surface area contributed by atoms with E-state index in [1.165, 1.54) is 19.8 Å². The number of esters is 1. The van der Waals surface area contributed by atoms with Crippen LogP contribution in [0.2, 0.25) is 0 Å². The van der Waals surface area contributed by atoms with Crippen LogP contribution in [0.15, 0.2) is 31.0 Å². The molecule has 0 saturated carbocycles. The molecule has 2 aromatic rings. The fourth-order valence-electron chi connectivity index (χ4n) is 1.15. The number of carbonyl (C=O) groups is 1. The minimum Gasteiger partial charge on any atom is -0.464 e. The lowest BCUT2D eigenvalue weighted by molar-refractivity contribution is 0.0587. The van der Waals surface area contributed by atoms with Gasteiger partial charge < -0.3 is 4.74 Å². The monoisotopic (exact) mass is 192 g/mol. The van der Waals surface area contributed by atoms with E-state index >= 15 is 0 Å². The van der Waals surface area contributed by atoms with Gasteiger partial charge in [0.2, 0.25) is 0 Å². The molecule has 2 aromatic heterocycles. The van der Waals surface area contributed by atoms with E-state index < -0.39 is 5.97 Å². The summed E-state index contributed by atoms with van der Waals surface area (Å²) in [6, 6.07) is 3.40. The van der Waals surface area contributed by atoms with Gasteiger partial charge in [-0.05, 0) is 12.1 Å². The van der Waals surface area contributed by atoms with E-state index in [2.05, 4.69) is 14.9 Å². The van der Waals surface area contributed by atoms with E-state index in [-0.39, 0.29) is 0 Å². The molecule has 0 unspecified atom stereocenters. The first-order chi connectivity index (χ1) is 6.83. The lowest BCUT2D eigenvalue weighted by atomic mass is 10.4. The van der Waals surface area contributed by atoms with Crippen LogP contribution in [0.3, 0.4) is 0 Å². The van der Waals surface area contributed by atoms with Crippen LogP contribution in [0.5, 0.6) is 0 Å². The molecule has 2 rings (SSSR count). The van der Waals surface area contributed by atoms with Crippen molar-refractivity contribution in [3.05, 3.63) is 36.7 Å². The molecular weight excluding hydrogens is 184 g/mol. The van der Waals surface area contributed by atoms with Crippen LogP contribution < -0.4 is 0 Å². The normalized spacial score (nSPS) is 10.1. The number of hydrogen-bond acceptors (Lipinski definition) is 4. The van der Waals surface area contributed by atoms with Crippen molar-refractivity contribution in [2.45, 2.75) is 0 Å². The molecule has 6 nitrogen and oxygen atoms in total. The topological polar surface area (TPSA) is 61.9 Å². The molecule has 0 aliphatic heterocycles. The fourth-order valence-corrected chi connectivity index (χ4v) is 1.15. The average molecular weight is 192 g/mol. The van der Waals surface area contributed by atoms with Crippen molar-refractivity contribution < 1.29 is 9.53 Å². The van der Waals surface area contributed by atoms with Gasteiger partial charge in [-0.15, -0.1) is 10.2 Å². The molecule has 0 bridgehead atoms. The number of methoxy groups -OCH3 is 1. The summed E-state index contributed by atoms with van der Waals surface area (Å²) in [6.45, 7) is 0. The quantitative estimate of drug-likeness (QED) is 0.636. The Morgan fingerprint density at radius 1 is 1.43 bits per heavy atom. The Morgan fingerprint density at radius 2 is 2.14 bits per heavy atom. The van der Waals surface area contributed by atoms with Crippen LogP contribution in [0.4, 0.5) is 0 Å². The van der Waals surface area contributed by atoms with Gasteiger partial charge in [0.05, 0.1) is 7.11 Å². The van der Waals surface area contributed by atoms with Crippen molar-refractivity contribution >= 4 is 5.97 Å². The van der Waals surface area contributed by atoms with E-state index in [9.17, 15) is 4.79 Å². The molecule has 72 valence electrons. The number of nitrogens with zero attached hydrogens (tertiary/aromatic N) is 4. The predicted octanol–water partition coefficient (Wildman–Crippen LogP) is 0.178. The van der Waals surface area contributed by atoms with Crippen molar-refractivity contribution in [1.29, 1.82) is 0 Å². The van der Waals surface area contributed by atoms with Crippen LogP contribution >= 0.6 is 0 Å². The SMILES string of the molecule is COC(=O)c1cccn1-n1cnnc1. The van der Waals surface area contributed by atoms with Gasteiger partial charge in [0, 0.05) is 6.20 Å². The van der Waals surface area contributed by atoms with E-state index in [1.807, 2.05) is 0 Å². The summed E-state index contributed by atoms with van der Waals surface area (Å²) >= 11 is 0. The van der Waals surface area contributed by atoms with Crippen LogP contribution in [0.1, 0.15) is 10.5 Å². The first kappa shape index (κ1) is 8.49. The van der Waals surface area contributed by atoms with Gasteiger partial charge in [0.15, 0.2) is 0 Å². The number of rotatable bonds is 2. The highest BCUT2D eigenvalue weighted by Gasteiger charge is 2.11. The summed E-state index contributed by atoms with van der Waals surface area (Å²) in [5.41, 5.74) is 0.423. The zero-order chi connectivity index (χ0) is 9.97. The van der Waals surface area contributed by atoms with E-state index in [0.29, 0.717) is 5.69 Å². The van der Waals surface area contributed by atoms with E-state index in [1.54, 1.807) is 27.7 Å². The van der Waals surface area contributed by atoms with E-state index in [4.69, 9.17) is 0 Å². The highest BCUT2D eigenvalue weighted by Crippen LogP contribution is 2.03. The molecule has 0 N–H and O–H groups in total. The van der Waals surface area contributed by atoms with Crippen molar-refractivity contribution in [2.75, 3.05) is 7.11 Å². The molecule has 14 heavy (non-hydrogen) atoms. The molecule has 0 atom stereocenters. The zero-order valence-corrected chi connectivity index (χ0v) is 7.49. The smallest absolute Gasteiger partial charge is 0.356 e. The minimum absolute atomic E-state index is 0.399. The summed E-state index contributed by atoms with van der Waals surface area (Å²) in [5, 5.41) is 7.29. The largest absolute Gasteiger partial charge is 0.464 e. The van der Waals surface area contributed by atoms with Crippen LogP contribution in [0, 0.1) is 0 Å². The summed E-state index contributed by atoms with van der Waals surface area (Å²) < 4.78 is 7.78. The van der Waals surface area contributed by atoms with Crippen LogP contribution in [0.25, 0.3) is 0 Å². The number of carbonyl (C=O) groups excluding carboxylic acids is 1. The van der Waals surface area contributed by atoms with Gasteiger partial charge in [0.1, 0.15) is 18.3 Å². The third-order valence-electron chi connectivity index (χ3n) is 1.78. The molecule has 0 aliphatic rings. The maximum atomic E-state index is 11.3. The Bertz CT molecular complexity index is 432. The number of ether oxygens (including phenoxy) is 1. The van der Waals surface area contributed by atoms with Gasteiger partial charge >= 0.3 is 5.97 Å². The van der Waals surface area contributed by atoms with Crippen molar-refractivity contribution in [1.82, 2.24) is 19.5 Å². The van der Waals surface area contributed by atoms with Gasteiger partial charge in [-0.1, -0.05) is 0 Å². The summed E-state index contributed by atoms with van der Waals surface area (Å²) in [5.74, 6) is -0.399. The Hall–Kier alpha value is -2.11. The Morgan fingerprint density at radius 3 is 2.79 bits per heavy atom. The third kappa shape index (κ3) is 1.26. The van der Waals surface area contributed by atoms with Crippen molar-refractivity contribution in [2.24, 2.45) is 0 Å². The van der Waals surface area contributed by atoms with Crippen LogP contribution in [-0.2, 0) is 4.74 Å². The molecule has 6 heteroatoms. The minimum atomic E-state index is -0.399. The highest BCUT2D eigenvalue weighted by atomic mass is 16.5. The van der Waals surface area contributed by atoms with Gasteiger partial charge in [0.25, 0.3) is 0 Å². The first-order valence-electron chi connectivity index (χ1n) is 3.94. The van der Waals surface area contributed by atoms with Gasteiger partial charge in [-0.3, -0.25) is 0 Å². The van der Waals surface area contributed by atoms with Crippen molar-refractivity contribution in [3.63, 3.8) is 0 Å². The number of aromatic nitrogens is 4.